The van der Waals surface area contributed by atoms with Gasteiger partial charge in [0.05, 0.1) is 12.7 Å². The molecular formula is C14H21NO2. The zero-order valence-electron chi connectivity index (χ0n) is 10.2. The van der Waals surface area contributed by atoms with Crippen molar-refractivity contribution in [3.63, 3.8) is 0 Å². The number of hydrogen-bond acceptors (Lipinski definition) is 3. The quantitative estimate of drug-likeness (QED) is 0.714. The van der Waals surface area contributed by atoms with Crippen molar-refractivity contribution in [2.75, 3.05) is 13.2 Å². The van der Waals surface area contributed by atoms with Crippen molar-refractivity contribution >= 4 is 0 Å². The molecule has 2 rings (SSSR count). The van der Waals surface area contributed by atoms with Crippen molar-refractivity contribution in [2.45, 2.75) is 38.3 Å². The largest absolute Gasteiger partial charge is 0.394 e. The van der Waals surface area contributed by atoms with E-state index in [9.17, 15) is 5.11 Å². The molecule has 0 saturated heterocycles. The van der Waals surface area contributed by atoms with Crippen molar-refractivity contribution in [3.05, 3.63) is 34.9 Å². The summed E-state index contributed by atoms with van der Waals surface area (Å²) in [5, 5.41) is 21.1. The predicted molar refractivity (Wildman–Crippen MR) is 67.9 cm³/mol. The number of aliphatic hydroxyl groups is 2. The Bertz CT molecular complexity index is 365. The third-order valence-electron chi connectivity index (χ3n) is 3.33. The number of aliphatic hydroxyl groups excluding tert-OH is 2. The topological polar surface area (TPSA) is 52.5 Å². The van der Waals surface area contributed by atoms with E-state index in [4.69, 9.17) is 5.11 Å². The van der Waals surface area contributed by atoms with E-state index in [2.05, 4.69) is 23.5 Å². The molecule has 0 fully saturated rings. The molecule has 0 spiro atoms. The monoisotopic (exact) mass is 235 g/mol. The van der Waals surface area contributed by atoms with Crippen molar-refractivity contribution in [1.29, 1.82) is 0 Å². The van der Waals surface area contributed by atoms with Crippen LogP contribution in [0, 0.1) is 0 Å². The highest BCUT2D eigenvalue weighted by Gasteiger charge is 2.09. The maximum absolute atomic E-state index is 9.22. The SMILES string of the molecule is OCC(O)CNCc1ccc2c(c1)CCCC2. The lowest BCUT2D eigenvalue weighted by Crippen LogP contribution is -2.29. The van der Waals surface area contributed by atoms with Crippen molar-refractivity contribution in [3.8, 4) is 0 Å². The third kappa shape index (κ3) is 3.53. The molecule has 3 nitrogen and oxygen atoms in total. The van der Waals surface area contributed by atoms with Crippen LogP contribution in [0.3, 0.4) is 0 Å². The fraction of sp³-hybridized carbons (Fsp3) is 0.571. The van der Waals surface area contributed by atoms with E-state index in [0.717, 1.165) is 6.54 Å². The second-order valence-corrected chi connectivity index (χ2v) is 4.78. The normalized spacial score (nSPS) is 16.6. The molecule has 94 valence electrons. The van der Waals surface area contributed by atoms with Crippen LogP contribution >= 0.6 is 0 Å². The number of fused-ring (bicyclic) bond motifs is 1. The summed E-state index contributed by atoms with van der Waals surface area (Å²) in [6.07, 6.45) is 4.36. The Labute approximate surface area is 102 Å². The van der Waals surface area contributed by atoms with E-state index in [1.165, 1.54) is 42.4 Å². The summed E-state index contributed by atoms with van der Waals surface area (Å²) >= 11 is 0. The molecular weight excluding hydrogens is 214 g/mol. The molecule has 1 unspecified atom stereocenters. The van der Waals surface area contributed by atoms with Crippen LogP contribution in [0.1, 0.15) is 29.5 Å². The van der Waals surface area contributed by atoms with Crippen molar-refractivity contribution in [2.24, 2.45) is 0 Å². The van der Waals surface area contributed by atoms with Crippen molar-refractivity contribution in [1.82, 2.24) is 5.32 Å². The van der Waals surface area contributed by atoms with Gasteiger partial charge in [-0.3, -0.25) is 0 Å². The van der Waals surface area contributed by atoms with Gasteiger partial charge >= 0.3 is 0 Å². The molecule has 17 heavy (non-hydrogen) atoms. The average Bonchev–Trinajstić information content (AvgIpc) is 2.38. The van der Waals surface area contributed by atoms with E-state index in [1.807, 2.05) is 0 Å². The Morgan fingerprint density at radius 3 is 2.71 bits per heavy atom. The molecule has 0 radical (unpaired) electrons. The van der Waals surface area contributed by atoms with Gasteiger partial charge in [-0.1, -0.05) is 18.2 Å². The third-order valence-corrected chi connectivity index (χ3v) is 3.33. The molecule has 0 aromatic heterocycles. The van der Waals surface area contributed by atoms with Crippen LogP contribution in [-0.2, 0) is 19.4 Å². The van der Waals surface area contributed by atoms with Gasteiger partial charge in [0.15, 0.2) is 0 Å². The summed E-state index contributed by atoms with van der Waals surface area (Å²) in [5.41, 5.74) is 4.24. The molecule has 0 bridgehead atoms. The Morgan fingerprint density at radius 1 is 1.18 bits per heavy atom. The fourth-order valence-electron chi connectivity index (χ4n) is 2.34. The number of rotatable bonds is 5. The van der Waals surface area contributed by atoms with Crippen LogP contribution in [0.2, 0.25) is 0 Å². The average molecular weight is 235 g/mol. The first-order valence-corrected chi connectivity index (χ1v) is 6.40. The Morgan fingerprint density at radius 2 is 1.94 bits per heavy atom. The molecule has 1 aromatic rings. The van der Waals surface area contributed by atoms with E-state index in [0.29, 0.717) is 6.54 Å². The fourth-order valence-corrected chi connectivity index (χ4v) is 2.34. The number of aryl methyl sites for hydroxylation is 2. The molecule has 0 heterocycles. The van der Waals surface area contributed by atoms with Gasteiger partial charge in [0, 0.05) is 13.1 Å². The number of benzene rings is 1. The zero-order valence-corrected chi connectivity index (χ0v) is 10.2. The summed E-state index contributed by atoms with van der Waals surface area (Å²) in [6, 6.07) is 6.66. The second kappa shape index (κ2) is 6.15. The Balaban J connectivity index is 1.89. The smallest absolute Gasteiger partial charge is 0.0895 e. The van der Waals surface area contributed by atoms with Crippen LogP contribution in [0.15, 0.2) is 18.2 Å². The standard InChI is InChI=1S/C14H21NO2/c16-10-14(17)9-15-8-11-5-6-12-3-1-2-4-13(12)7-11/h5-7,14-17H,1-4,8-10H2. The highest BCUT2D eigenvalue weighted by molar-refractivity contribution is 5.33. The van der Waals surface area contributed by atoms with Crippen LogP contribution < -0.4 is 5.32 Å². The van der Waals surface area contributed by atoms with Gasteiger partial charge in [0.2, 0.25) is 0 Å². The minimum atomic E-state index is -0.660. The van der Waals surface area contributed by atoms with E-state index in [1.54, 1.807) is 0 Å². The minimum Gasteiger partial charge on any atom is -0.394 e. The van der Waals surface area contributed by atoms with Crippen LogP contribution in [0.4, 0.5) is 0 Å². The van der Waals surface area contributed by atoms with Gasteiger partial charge in [-0.05, 0) is 42.4 Å². The summed E-state index contributed by atoms with van der Waals surface area (Å²) in [6.45, 7) is 1.01. The molecule has 1 atom stereocenters. The molecule has 1 aliphatic rings. The van der Waals surface area contributed by atoms with Gasteiger partial charge in [-0.25, -0.2) is 0 Å². The minimum absolute atomic E-state index is 0.183. The molecule has 1 aromatic carbocycles. The van der Waals surface area contributed by atoms with Gasteiger partial charge in [-0.2, -0.15) is 0 Å². The predicted octanol–water partition coefficient (Wildman–Crippen LogP) is 1.01. The first-order valence-electron chi connectivity index (χ1n) is 6.40. The van der Waals surface area contributed by atoms with Gasteiger partial charge < -0.3 is 15.5 Å². The lowest BCUT2D eigenvalue weighted by molar-refractivity contribution is 0.0942. The van der Waals surface area contributed by atoms with Gasteiger partial charge in [-0.15, -0.1) is 0 Å². The first-order chi connectivity index (χ1) is 8.29. The highest BCUT2D eigenvalue weighted by atomic mass is 16.3. The van der Waals surface area contributed by atoms with Crippen LogP contribution in [0.25, 0.3) is 0 Å². The summed E-state index contributed by atoms with van der Waals surface area (Å²) < 4.78 is 0. The molecule has 0 aliphatic heterocycles. The van der Waals surface area contributed by atoms with E-state index in [-0.39, 0.29) is 6.61 Å². The van der Waals surface area contributed by atoms with Crippen molar-refractivity contribution < 1.29 is 10.2 Å². The molecule has 1 aliphatic carbocycles. The summed E-state index contributed by atoms with van der Waals surface area (Å²) in [5.74, 6) is 0. The van der Waals surface area contributed by atoms with E-state index >= 15 is 0 Å². The maximum Gasteiger partial charge on any atom is 0.0895 e. The lowest BCUT2D eigenvalue weighted by Gasteiger charge is -2.17. The second-order valence-electron chi connectivity index (χ2n) is 4.78. The van der Waals surface area contributed by atoms with E-state index < -0.39 is 6.10 Å². The number of nitrogens with one attached hydrogen (secondary N) is 1. The molecule has 0 saturated carbocycles. The summed E-state index contributed by atoms with van der Waals surface area (Å²) in [7, 11) is 0. The molecule has 0 amide bonds. The highest BCUT2D eigenvalue weighted by Crippen LogP contribution is 2.22. The van der Waals surface area contributed by atoms with Gasteiger partial charge in [0.25, 0.3) is 0 Å². The Kier molecular flexibility index (Phi) is 4.54. The Hall–Kier alpha value is -0.900. The summed E-state index contributed by atoms with van der Waals surface area (Å²) in [4.78, 5) is 0. The molecule has 3 heteroatoms. The zero-order chi connectivity index (χ0) is 12.1. The lowest BCUT2D eigenvalue weighted by atomic mass is 9.90. The molecule has 3 N–H and O–H groups in total. The first kappa shape index (κ1) is 12.6. The maximum atomic E-state index is 9.22. The van der Waals surface area contributed by atoms with Gasteiger partial charge in [0.1, 0.15) is 0 Å². The number of hydrogen-bond donors (Lipinski definition) is 3. The van der Waals surface area contributed by atoms with Crippen LogP contribution in [-0.4, -0.2) is 29.5 Å². The van der Waals surface area contributed by atoms with Crippen LogP contribution in [0.5, 0.6) is 0 Å².